The molecule has 0 aliphatic rings. The summed E-state index contributed by atoms with van der Waals surface area (Å²) < 4.78 is 18.3. The van der Waals surface area contributed by atoms with E-state index in [2.05, 4.69) is 32.7 Å². The number of hydrogen-bond acceptors (Lipinski definition) is 4. The van der Waals surface area contributed by atoms with Crippen LogP contribution in [0.25, 0.3) is 11.5 Å². The quantitative estimate of drug-likeness (QED) is 0.482. The Hall–Kier alpha value is -3.22. The van der Waals surface area contributed by atoms with Gasteiger partial charge in [-0.3, -0.25) is 4.99 Å². The third-order valence-corrected chi connectivity index (χ3v) is 4.17. The summed E-state index contributed by atoms with van der Waals surface area (Å²) in [4.78, 5) is 8.65. The minimum Gasteiger partial charge on any atom is -0.352 e. The number of aromatic nitrogens is 2. The van der Waals surface area contributed by atoms with Crippen LogP contribution in [0.15, 0.2) is 58.0 Å². The van der Waals surface area contributed by atoms with Crippen LogP contribution in [-0.2, 0) is 19.5 Å². The second-order valence-corrected chi connectivity index (χ2v) is 6.37. The number of hydrogen-bond donors (Lipinski definition) is 2. The molecule has 0 aliphatic carbocycles. The van der Waals surface area contributed by atoms with Crippen LogP contribution in [0.4, 0.5) is 4.39 Å². The van der Waals surface area contributed by atoms with Crippen LogP contribution in [0.2, 0.25) is 0 Å². The number of aryl methyl sites for hydroxylation is 1. The highest BCUT2D eigenvalue weighted by Crippen LogP contribution is 2.19. The summed E-state index contributed by atoms with van der Waals surface area (Å²) >= 11 is 0. The minimum atomic E-state index is -0.241. The molecule has 146 valence electrons. The fourth-order valence-electron chi connectivity index (χ4n) is 2.71. The Labute approximate surface area is 163 Å². The molecule has 6 nitrogen and oxygen atoms in total. The van der Waals surface area contributed by atoms with Crippen LogP contribution in [0.3, 0.4) is 0 Å². The van der Waals surface area contributed by atoms with E-state index in [1.807, 2.05) is 24.3 Å². The molecule has 2 aromatic carbocycles. The standard InChI is InChI=1S/C21H24FN5O/c1-3-5-19-26-20(28-27-19)17-7-4-6-16(12-17)14-25-21(23-2)24-13-15-8-10-18(22)11-9-15/h4,6-12H,3,5,13-14H2,1-2H3,(H2,23,24,25). The SMILES string of the molecule is CCCc1noc(-c2cccc(CNC(=NC)NCc3ccc(F)cc3)c2)n1. The minimum absolute atomic E-state index is 0.241. The Kier molecular flexibility index (Phi) is 6.73. The second-order valence-electron chi connectivity index (χ2n) is 6.37. The summed E-state index contributed by atoms with van der Waals surface area (Å²) in [7, 11) is 1.71. The second kappa shape index (κ2) is 9.64. The summed E-state index contributed by atoms with van der Waals surface area (Å²) in [5.41, 5.74) is 2.94. The number of aliphatic imine (C=N–C) groups is 1. The van der Waals surface area contributed by atoms with Crippen molar-refractivity contribution >= 4 is 5.96 Å². The van der Waals surface area contributed by atoms with Crippen molar-refractivity contribution in [1.82, 2.24) is 20.8 Å². The fraction of sp³-hybridized carbons (Fsp3) is 0.286. The molecule has 1 aromatic heterocycles. The molecular formula is C21H24FN5O. The number of benzene rings is 2. The number of rotatable bonds is 7. The van der Waals surface area contributed by atoms with Crippen LogP contribution in [-0.4, -0.2) is 23.1 Å². The first-order valence-electron chi connectivity index (χ1n) is 9.28. The average molecular weight is 381 g/mol. The maximum absolute atomic E-state index is 13.0. The Balaban J connectivity index is 1.57. The van der Waals surface area contributed by atoms with Gasteiger partial charge < -0.3 is 15.2 Å². The van der Waals surface area contributed by atoms with Gasteiger partial charge in [-0.25, -0.2) is 4.39 Å². The van der Waals surface area contributed by atoms with Crippen molar-refractivity contribution in [1.29, 1.82) is 0 Å². The lowest BCUT2D eigenvalue weighted by molar-refractivity contribution is 0.422. The normalized spacial score (nSPS) is 11.5. The van der Waals surface area contributed by atoms with Gasteiger partial charge in [-0.1, -0.05) is 36.3 Å². The van der Waals surface area contributed by atoms with Gasteiger partial charge in [-0.05, 0) is 41.8 Å². The maximum atomic E-state index is 13.0. The highest BCUT2D eigenvalue weighted by molar-refractivity contribution is 5.79. The van der Waals surface area contributed by atoms with Crippen molar-refractivity contribution in [2.24, 2.45) is 4.99 Å². The van der Waals surface area contributed by atoms with Gasteiger partial charge in [-0.2, -0.15) is 4.98 Å². The zero-order chi connectivity index (χ0) is 19.8. The Morgan fingerprint density at radius 1 is 1.07 bits per heavy atom. The van der Waals surface area contributed by atoms with Gasteiger partial charge >= 0.3 is 0 Å². The molecule has 0 spiro atoms. The molecule has 3 aromatic rings. The van der Waals surface area contributed by atoms with E-state index in [4.69, 9.17) is 4.52 Å². The van der Waals surface area contributed by atoms with E-state index in [1.165, 1.54) is 12.1 Å². The molecule has 3 rings (SSSR count). The number of halogens is 1. The first-order valence-corrected chi connectivity index (χ1v) is 9.28. The van der Waals surface area contributed by atoms with Crippen molar-refractivity contribution < 1.29 is 8.91 Å². The predicted octanol–water partition coefficient (Wildman–Crippen LogP) is 3.69. The highest BCUT2D eigenvalue weighted by atomic mass is 19.1. The van der Waals surface area contributed by atoms with Gasteiger partial charge in [0.15, 0.2) is 11.8 Å². The van der Waals surface area contributed by atoms with Gasteiger partial charge in [0.2, 0.25) is 0 Å². The monoisotopic (exact) mass is 381 g/mol. The molecule has 0 amide bonds. The molecule has 28 heavy (non-hydrogen) atoms. The number of nitrogens with zero attached hydrogens (tertiary/aromatic N) is 3. The van der Waals surface area contributed by atoms with Gasteiger partial charge in [0, 0.05) is 32.1 Å². The number of guanidine groups is 1. The summed E-state index contributed by atoms with van der Waals surface area (Å²) in [6, 6.07) is 14.3. The lowest BCUT2D eigenvalue weighted by atomic mass is 10.1. The third kappa shape index (κ3) is 5.39. The summed E-state index contributed by atoms with van der Waals surface area (Å²) in [5, 5.41) is 10.5. The lowest BCUT2D eigenvalue weighted by Crippen LogP contribution is -2.36. The molecule has 0 unspecified atom stereocenters. The summed E-state index contributed by atoms with van der Waals surface area (Å²) in [6.45, 7) is 3.23. The van der Waals surface area contributed by atoms with E-state index < -0.39 is 0 Å². The largest absolute Gasteiger partial charge is 0.352 e. The molecule has 1 heterocycles. The first-order chi connectivity index (χ1) is 13.7. The summed E-state index contributed by atoms with van der Waals surface area (Å²) in [6.07, 6.45) is 1.79. The van der Waals surface area contributed by atoms with Crippen molar-refractivity contribution in [3.63, 3.8) is 0 Å². The van der Waals surface area contributed by atoms with Crippen LogP contribution < -0.4 is 10.6 Å². The van der Waals surface area contributed by atoms with Gasteiger partial charge in [0.1, 0.15) is 5.82 Å². The number of nitrogens with one attached hydrogen (secondary N) is 2. The average Bonchev–Trinajstić information content (AvgIpc) is 3.19. The van der Waals surface area contributed by atoms with Crippen molar-refractivity contribution in [2.75, 3.05) is 7.05 Å². The zero-order valence-electron chi connectivity index (χ0n) is 16.1. The van der Waals surface area contributed by atoms with Crippen molar-refractivity contribution in [2.45, 2.75) is 32.9 Å². The van der Waals surface area contributed by atoms with Crippen LogP contribution >= 0.6 is 0 Å². The van der Waals surface area contributed by atoms with Gasteiger partial charge in [0.05, 0.1) is 0 Å². The van der Waals surface area contributed by atoms with E-state index in [1.54, 1.807) is 19.2 Å². The fourth-order valence-corrected chi connectivity index (χ4v) is 2.71. The lowest BCUT2D eigenvalue weighted by Gasteiger charge is -2.12. The highest BCUT2D eigenvalue weighted by Gasteiger charge is 2.09. The smallest absolute Gasteiger partial charge is 0.257 e. The van der Waals surface area contributed by atoms with E-state index in [0.29, 0.717) is 24.9 Å². The van der Waals surface area contributed by atoms with Crippen LogP contribution in [0, 0.1) is 5.82 Å². The zero-order valence-corrected chi connectivity index (χ0v) is 16.1. The van der Waals surface area contributed by atoms with Gasteiger partial charge in [-0.15, -0.1) is 0 Å². The van der Waals surface area contributed by atoms with Gasteiger partial charge in [0.25, 0.3) is 5.89 Å². The third-order valence-electron chi connectivity index (χ3n) is 4.17. The molecule has 7 heteroatoms. The molecule has 0 fully saturated rings. The molecule has 0 saturated heterocycles. The van der Waals surface area contributed by atoms with Crippen molar-refractivity contribution in [3.8, 4) is 11.5 Å². The van der Waals surface area contributed by atoms with E-state index >= 15 is 0 Å². The Morgan fingerprint density at radius 3 is 2.54 bits per heavy atom. The molecule has 0 bridgehead atoms. The molecule has 2 N–H and O–H groups in total. The molecule has 0 atom stereocenters. The Morgan fingerprint density at radius 2 is 1.82 bits per heavy atom. The molecule has 0 saturated carbocycles. The predicted molar refractivity (Wildman–Crippen MR) is 107 cm³/mol. The van der Waals surface area contributed by atoms with Crippen molar-refractivity contribution in [3.05, 3.63) is 71.3 Å². The van der Waals surface area contributed by atoms with E-state index in [0.717, 1.165) is 35.4 Å². The van der Waals surface area contributed by atoms with E-state index in [9.17, 15) is 4.39 Å². The molecule has 0 aliphatic heterocycles. The van der Waals surface area contributed by atoms with Crippen LogP contribution in [0.1, 0.15) is 30.3 Å². The maximum Gasteiger partial charge on any atom is 0.257 e. The summed E-state index contributed by atoms with van der Waals surface area (Å²) in [5.74, 6) is 1.68. The Bertz CT molecular complexity index is 921. The molecular weight excluding hydrogens is 357 g/mol. The van der Waals surface area contributed by atoms with Crippen LogP contribution in [0.5, 0.6) is 0 Å². The first kappa shape index (κ1) is 19.5. The van der Waals surface area contributed by atoms with E-state index in [-0.39, 0.29) is 5.82 Å². The topological polar surface area (TPSA) is 75.3 Å². The molecule has 0 radical (unpaired) electrons.